The molecule has 1 saturated heterocycles. The topological polar surface area (TPSA) is 126 Å². The highest BCUT2D eigenvalue weighted by Gasteiger charge is 2.54. The van der Waals surface area contributed by atoms with Gasteiger partial charge in [0.1, 0.15) is 18.3 Å². The summed E-state index contributed by atoms with van der Waals surface area (Å²) in [6.07, 6.45) is -4.14. The molecule has 1 fully saturated rings. The van der Waals surface area contributed by atoms with Crippen molar-refractivity contribution in [1.29, 1.82) is 0 Å². The lowest BCUT2D eigenvalue weighted by molar-refractivity contribution is -0.322. The van der Waals surface area contributed by atoms with Crippen LogP contribution in [-0.2, 0) is 19.0 Å². The molecule has 5 atom stereocenters. The third kappa shape index (κ3) is 3.35. The van der Waals surface area contributed by atoms with Crippen LogP contribution in [0.3, 0.4) is 0 Å². The van der Waals surface area contributed by atoms with Crippen molar-refractivity contribution >= 4 is 5.97 Å². The summed E-state index contributed by atoms with van der Waals surface area (Å²) in [6, 6.07) is 0. The van der Waals surface area contributed by atoms with Gasteiger partial charge < -0.3 is 34.6 Å². The van der Waals surface area contributed by atoms with E-state index in [1.807, 2.05) is 0 Å². The number of carbonyl (C=O) groups is 1. The number of carboxylic acids is 1. The lowest BCUT2D eigenvalue weighted by Crippen LogP contribution is -2.63. The van der Waals surface area contributed by atoms with Crippen LogP contribution in [0.1, 0.15) is 6.42 Å². The number of ether oxygens (including phenoxy) is 3. The van der Waals surface area contributed by atoms with Gasteiger partial charge in [0.2, 0.25) is 0 Å². The van der Waals surface area contributed by atoms with E-state index in [0.29, 0.717) is 0 Å². The molecule has 0 aliphatic carbocycles. The molecule has 116 valence electrons. The predicted molar refractivity (Wildman–Crippen MR) is 65.9 cm³/mol. The van der Waals surface area contributed by atoms with Crippen molar-refractivity contribution in [1.82, 2.24) is 0 Å². The summed E-state index contributed by atoms with van der Waals surface area (Å²) in [5, 5.41) is 38.2. The fourth-order valence-electron chi connectivity index (χ4n) is 2.05. The van der Waals surface area contributed by atoms with Crippen molar-refractivity contribution in [3.63, 3.8) is 0 Å². The third-order valence-corrected chi connectivity index (χ3v) is 3.14. The summed E-state index contributed by atoms with van der Waals surface area (Å²) in [5.41, 5.74) is 0. The second kappa shape index (κ2) is 7.11. The van der Waals surface area contributed by atoms with Crippen LogP contribution in [0.25, 0.3) is 0 Å². The van der Waals surface area contributed by atoms with Crippen LogP contribution < -0.4 is 0 Å². The average Bonchev–Trinajstić information content (AvgIpc) is 2.42. The minimum Gasteiger partial charge on any atom is -0.477 e. The van der Waals surface area contributed by atoms with Crippen LogP contribution in [0.2, 0.25) is 0 Å². The molecule has 0 amide bonds. The maximum atomic E-state index is 11.4. The molecule has 1 rings (SSSR count). The van der Waals surface area contributed by atoms with Crippen molar-refractivity contribution in [2.75, 3.05) is 20.3 Å². The van der Waals surface area contributed by atoms with E-state index in [-0.39, 0.29) is 6.61 Å². The van der Waals surface area contributed by atoms with Crippen molar-refractivity contribution in [3.8, 4) is 0 Å². The molecule has 20 heavy (non-hydrogen) atoms. The lowest BCUT2D eigenvalue weighted by Gasteiger charge is -2.44. The lowest BCUT2D eigenvalue weighted by atomic mass is 9.92. The Hall–Kier alpha value is -1.03. The molecule has 1 aliphatic rings. The number of aliphatic hydroxyl groups is 3. The highest BCUT2D eigenvalue weighted by atomic mass is 16.7. The maximum Gasteiger partial charge on any atom is 0.364 e. The molecule has 0 unspecified atom stereocenters. The van der Waals surface area contributed by atoms with Crippen molar-refractivity contribution < 1.29 is 39.4 Å². The van der Waals surface area contributed by atoms with E-state index in [4.69, 9.17) is 19.3 Å². The van der Waals surface area contributed by atoms with Crippen LogP contribution in [0.4, 0.5) is 0 Å². The average molecular weight is 292 g/mol. The molecule has 4 N–H and O–H groups in total. The zero-order valence-electron chi connectivity index (χ0n) is 11.1. The summed E-state index contributed by atoms with van der Waals surface area (Å²) >= 11 is 0. The van der Waals surface area contributed by atoms with Crippen LogP contribution >= 0.6 is 0 Å². The molecule has 0 bridgehead atoms. The highest BCUT2D eigenvalue weighted by molar-refractivity contribution is 5.76. The zero-order valence-corrected chi connectivity index (χ0v) is 11.1. The normalized spacial score (nSPS) is 35.5. The van der Waals surface area contributed by atoms with Crippen LogP contribution in [-0.4, -0.2) is 76.9 Å². The maximum absolute atomic E-state index is 11.4. The third-order valence-electron chi connectivity index (χ3n) is 3.14. The smallest absolute Gasteiger partial charge is 0.364 e. The second-order valence-electron chi connectivity index (χ2n) is 4.46. The molecule has 1 aliphatic heterocycles. The molecule has 1 heterocycles. The quantitative estimate of drug-likeness (QED) is 0.417. The van der Waals surface area contributed by atoms with Gasteiger partial charge in [-0.05, 0) is 0 Å². The summed E-state index contributed by atoms with van der Waals surface area (Å²) in [6.45, 7) is 2.78. The van der Waals surface area contributed by atoms with Gasteiger partial charge in [-0.3, -0.25) is 0 Å². The second-order valence-corrected chi connectivity index (χ2v) is 4.46. The molecule has 0 aromatic rings. The van der Waals surface area contributed by atoms with E-state index in [0.717, 1.165) is 0 Å². The Morgan fingerprint density at radius 3 is 2.70 bits per heavy atom. The van der Waals surface area contributed by atoms with Crippen molar-refractivity contribution in [2.45, 2.75) is 36.6 Å². The van der Waals surface area contributed by atoms with Gasteiger partial charge in [-0.2, -0.15) is 0 Å². The number of hydrogen-bond acceptors (Lipinski definition) is 7. The molecule has 0 aromatic heterocycles. The Bertz CT molecular complexity index is 340. The first-order chi connectivity index (χ1) is 9.41. The molecule has 8 heteroatoms. The zero-order chi connectivity index (χ0) is 15.3. The van der Waals surface area contributed by atoms with Gasteiger partial charge in [-0.1, -0.05) is 6.08 Å². The Kier molecular flexibility index (Phi) is 6.06. The number of carboxylic acid groups (broad SMARTS) is 1. The van der Waals surface area contributed by atoms with E-state index in [9.17, 15) is 20.1 Å². The van der Waals surface area contributed by atoms with Gasteiger partial charge in [-0.15, -0.1) is 6.58 Å². The molecular formula is C12H20O8. The fraction of sp³-hybridized carbons (Fsp3) is 0.750. The monoisotopic (exact) mass is 292 g/mol. The van der Waals surface area contributed by atoms with E-state index in [2.05, 4.69) is 6.58 Å². The molecule has 0 radical (unpaired) electrons. The standard InChI is InChI=1S/C12H20O8/c1-3-4-19-12(11(16)17)5-7(14)9(15)10(20-12)8(6-13)18-2/h3,7-10,13-15H,1,4-6H2,2H3,(H,16,17)/t7-,8-,9-,10-,12-/m1/s1. The summed E-state index contributed by atoms with van der Waals surface area (Å²) in [4.78, 5) is 11.4. The number of methoxy groups -OCH3 is 1. The SMILES string of the molecule is C=CCO[C@]1(C(=O)O)C[C@@H](O)[C@@H](O)[C@@H]([C@@H](CO)OC)O1. The van der Waals surface area contributed by atoms with Crippen molar-refractivity contribution in [2.24, 2.45) is 0 Å². The first kappa shape index (κ1) is 17.0. The van der Waals surface area contributed by atoms with Gasteiger partial charge in [0, 0.05) is 13.5 Å². The minimum absolute atomic E-state index is 0.112. The van der Waals surface area contributed by atoms with Gasteiger partial charge >= 0.3 is 5.97 Å². The van der Waals surface area contributed by atoms with E-state index < -0.39 is 49.2 Å². The van der Waals surface area contributed by atoms with Crippen molar-refractivity contribution in [3.05, 3.63) is 12.7 Å². The summed E-state index contributed by atoms with van der Waals surface area (Å²) in [5.74, 6) is -3.56. The molecule has 0 saturated carbocycles. The Morgan fingerprint density at radius 2 is 2.25 bits per heavy atom. The Labute approximate surface area is 116 Å². The van der Waals surface area contributed by atoms with E-state index in [1.54, 1.807) is 0 Å². The minimum atomic E-state index is -2.12. The predicted octanol–water partition coefficient (Wildman–Crippen LogP) is -1.51. The first-order valence-corrected chi connectivity index (χ1v) is 6.07. The Balaban J connectivity index is 3.02. The van der Waals surface area contributed by atoms with Crippen LogP contribution in [0.15, 0.2) is 12.7 Å². The van der Waals surface area contributed by atoms with Gasteiger partial charge in [0.25, 0.3) is 5.79 Å². The Morgan fingerprint density at radius 1 is 1.60 bits per heavy atom. The van der Waals surface area contributed by atoms with E-state index >= 15 is 0 Å². The number of aliphatic hydroxyl groups excluding tert-OH is 3. The summed E-state index contributed by atoms with van der Waals surface area (Å²) in [7, 11) is 1.27. The highest BCUT2D eigenvalue weighted by Crippen LogP contribution is 2.33. The molecular weight excluding hydrogens is 272 g/mol. The molecule has 0 spiro atoms. The first-order valence-electron chi connectivity index (χ1n) is 6.07. The number of aliphatic carboxylic acids is 1. The fourth-order valence-corrected chi connectivity index (χ4v) is 2.05. The number of hydrogen-bond donors (Lipinski definition) is 4. The van der Waals surface area contributed by atoms with Gasteiger partial charge in [0.15, 0.2) is 0 Å². The van der Waals surface area contributed by atoms with Crippen LogP contribution in [0.5, 0.6) is 0 Å². The van der Waals surface area contributed by atoms with Gasteiger partial charge in [0.05, 0.1) is 19.3 Å². The molecule has 8 nitrogen and oxygen atoms in total. The van der Waals surface area contributed by atoms with E-state index in [1.165, 1.54) is 13.2 Å². The van der Waals surface area contributed by atoms with Gasteiger partial charge in [-0.25, -0.2) is 4.79 Å². The summed E-state index contributed by atoms with van der Waals surface area (Å²) < 4.78 is 15.3. The molecule has 0 aromatic carbocycles. The van der Waals surface area contributed by atoms with Crippen LogP contribution in [0, 0.1) is 0 Å². The number of rotatable bonds is 7. The largest absolute Gasteiger partial charge is 0.477 e.